The zero-order chi connectivity index (χ0) is 19.1. The molecule has 1 saturated heterocycles. The van der Waals surface area contributed by atoms with Gasteiger partial charge in [0.05, 0.1) is 6.42 Å². The summed E-state index contributed by atoms with van der Waals surface area (Å²) in [7, 11) is 0. The molecule has 1 heterocycles. The minimum Gasteiger partial charge on any atom is -0.445 e. The minimum atomic E-state index is -0.313. The molecule has 1 aliphatic rings. The predicted molar refractivity (Wildman–Crippen MR) is 104 cm³/mol. The van der Waals surface area contributed by atoms with Crippen molar-refractivity contribution < 1.29 is 14.3 Å². The fourth-order valence-electron chi connectivity index (χ4n) is 3.15. The van der Waals surface area contributed by atoms with Crippen LogP contribution in [0.15, 0.2) is 54.6 Å². The summed E-state index contributed by atoms with van der Waals surface area (Å²) in [5, 5.41) is 0. The van der Waals surface area contributed by atoms with Crippen LogP contribution in [0.25, 0.3) is 0 Å². The lowest BCUT2D eigenvalue weighted by molar-refractivity contribution is -0.130. The lowest BCUT2D eigenvalue weighted by Gasteiger charge is -2.22. The number of benzene rings is 2. The van der Waals surface area contributed by atoms with Gasteiger partial charge in [0.25, 0.3) is 0 Å². The third-order valence-corrected chi connectivity index (χ3v) is 4.79. The molecule has 0 saturated carbocycles. The molecule has 2 aromatic rings. The Kier molecular flexibility index (Phi) is 6.47. The topological polar surface area (TPSA) is 49.9 Å². The first-order valence-electron chi connectivity index (χ1n) is 9.41. The standard InChI is InChI=1S/C22H26N2O3/c1-18-8-10-19(11-9-18)16-21(25)23-12-5-13-24(15-14-23)22(26)27-17-20-6-3-2-4-7-20/h2-4,6-11H,5,12-17H2,1H3. The van der Waals surface area contributed by atoms with E-state index in [1.54, 1.807) is 4.90 Å². The van der Waals surface area contributed by atoms with Crippen LogP contribution in [0.2, 0.25) is 0 Å². The van der Waals surface area contributed by atoms with Crippen molar-refractivity contribution in [2.45, 2.75) is 26.4 Å². The summed E-state index contributed by atoms with van der Waals surface area (Å²) in [4.78, 5) is 28.5. The first-order chi connectivity index (χ1) is 13.1. The maximum absolute atomic E-state index is 12.6. The fraction of sp³-hybridized carbons (Fsp3) is 0.364. The van der Waals surface area contributed by atoms with E-state index >= 15 is 0 Å². The van der Waals surface area contributed by atoms with Crippen LogP contribution in [-0.2, 0) is 22.6 Å². The van der Waals surface area contributed by atoms with Crippen LogP contribution in [0.3, 0.4) is 0 Å². The van der Waals surface area contributed by atoms with Crippen molar-refractivity contribution in [3.63, 3.8) is 0 Å². The summed E-state index contributed by atoms with van der Waals surface area (Å²) in [5.74, 6) is 0.110. The van der Waals surface area contributed by atoms with E-state index in [0.29, 0.717) is 32.6 Å². The Bertz CT molecular complexity index is 759. The fourth-order valence-corrected chi connectivity index (χ4v) is 3.15. The van der Waals surface area contributed by atoms with Crippen LogP contribution >= 0.6 is 0 Å². The van der Waals surface area contributed by atoms with Crippen molar-refractivity contribution in [3.8, 4) is 0 Å². The van der Waals surface area contributed by atoms with Crippen molar-refractivity contribution in [2.75, 3.05) is 26.2 Å². The molecule has 5 heteroatoms. The maximum Gasteiger partial charge on any atom is 0.410 e. The van der Waals surface area contributed by atoms with Gasteiger partial charge in [-0.2, -0.15) is 0 Å². The van der Waals surface area contributed by atoms with Gasteiger partial charge in [-0.3, -0.25) is 4.79 Å². The van der Waals surface area contributed by atoms with E-state index in [1.165, 1.54) is 5.56 Å². The van der Waals surface area contributed by atoms with Crippen LogP contribution in [-0.4, -0.2) is 48.0 Å². The summed E-state index contributed by atoms with van der Waals surface area (Å²) in [5.41, 5.74) is 3.18. The lowest BCUT2D eigenvalue weighted by Crippen LogP contribution is -2.38. The highest BCUT2D eigenvalue weighted by molar-refractivity contribution is 5.79. The highest BCUT2D eigenvalue weighted by Crippen LogP contribution is 2.10. The second kappa shape index (κ2) is 9.21. The number of carbonyl (C=O) groups excluding carboxylic acids is 2. The molecule has 2 amide bonds. The third kappa shape index (κ3) is 5.58. The summed E-state index contributed by atoms with van der Waals surface area (Å²) < 4.78 is 5.41. The van der Waals surface area contributed by atoms with Crippen molar-refractivity contribution in [2.24, 2.45) is 0 Å². The molecule has 3 rings (SSSR count). The van der Waals surface area contributed by atoms with Crippen molar-refractivity contribution in [1.82, 2.24) is 9.80 Å². The van der Waals surface area contributed by atoms with Crippen LogP contribution in [0.5, 0.6) is 0 Å². The summed E-state index contributed by atoms with van der Waals surface area (Å²) in [6.07, 6.45) is 0.852. The van der Waals surface area contributed by atoms with Gasteiger partial charge in [0.1, 0.15) is 6.61 Å². The molecular formula is C22H26N2O3. The van der Waals surface area contributed by atoms with Gasteiger partial charge in [-0.15, -0.1) is 0 Å². The number of amides is 2. The molecule has 0 unspecified atom stereocenters. The summed E-state index contributed by atoms with van der Waals surface area (Å²) in [6.45, 7) is 4.64. The predicted octanol–water partition coefficient (Wildman–Crippen LogP) is 3.41. The van der Waals surface area contributed by atoms with Gasteiger partial charge in [-0.1, -0.05) is 60.2 Å². The van der Waals surface area contributed by atoms with E-state index in [1.807, 2.05) is 66.4 Å². The molecule has 5 nitrogen and oxygen atoms in total. The Labute approximate surface area is 160 Å². The zero-order valence-corrected chi connectivity index (χ0v) is 15.8. The molecule has 0 radical (unpaired) electrons. The van der Waals surface area contributed by atoms with E-state index in [9.17, 15) is 9.59 Å². The van der Waals surface area contributed by atoms with E-state index in [-0.39, 0.29) is 18.6 Å². The number of aryl methyl sites for hydroxylation is 1. The Morgan fingerprint density at radius 2 is 1.52 bits per heavy atom. The average molecular weight is 366 g/mol. The van der Waals surface area contributed by atoms with Crippen molar-refractivity contribution >= 4 is 12.0 Å². The highest BCUT2D eigenvalue weighted by atomic mass is 16.6. The largest absolute Gasteiger partial charge is 0.445 e. The molecule has 0 spiro atoms. The van der Waals surface area contributed by atoms with Crippen LogP contribution in [0.1, 0.15) is 23.1 Å². The molecule has 27 heavy (non-hydrogen) atoms. The first kappa shape index (κ1) is 19.0. The molecule has 0 N–H and O–H groups in total. The molecule has 0 bridgehead atoms. The molecule has 1 aliphatic heterocycles. The van der Waals surface area contributed by atoms with Crippen LogP contribution in [0.4, 0.5) is 4.79 Å². The molecule has 0 atom stereocenters. The first-order valence-corrected chi connectivity index (χ1v) is 9.41. The van der Waals surface area contributed by atoms with Gasteiger partial charge in [-0.05, 0) is 24.5 Å². The van der Waals surface area contributed by atoms with Crippen molar-refractivity contribution in [1.29, 1.82) is 0 Å². The van der Waals surface area contributed by atoms with Crippen molar-refractivity contribution in [3.05, 3.63) is 71.3 Å². The van der Waals surface area contributed by atoms with Gasteiger partial charge in [0, 0.05) is 26.2 Å². The van der Waals surface area contributed by atoms with Gasteiger partial charge >= 0.3 is 6.09 Å². The number of hydrogen-bond donors (Lipinski definition) is 0. The molecule has 142 valence electrons. The number of rotatable bonds is 4. The van der Waals surface area contributed by atoms with E-state index in [0.717, 1.165) is 17.5 Å². The number of nitrogens with zero attached hydrogens (tertiary/aromatic N) is 2. The number of ether oxygens (including phenoxy) is 1. The maximum atomic E-state index is 12.6. The Morgan fingerprint density at radius 3 is 2.26 bits per heavy atom. The lowest BCUT2D eigenvalue weighted by atomic mass is 10.1. The third-order valence-electron chi connectivity index (χ3n) is 4.79. The molecule has 2 aromatic carbocycles. The van der Waals surface area contributed by atoms with Gasteiger partial charge < -0.3 is 14.5 Å². The minimum absolute atomic E-state index is 0.110. The zero-order valence-electron chi connectivity index (χ0n) is 15.8. The monoisotopic (exact) mass is 366 g/mol. The molecule has 1 fully saturated rings. The van der Waals surface area contributed by atoms with Gasteiger partial charge in [0.15, 0.2) is 0 Å². The van der Waals surface area contributed by atoms with E-state index in [4.69, 9.17) is 4.74 Å². The van der Waals surface area contributed by atoms with Gasteiger partial charge in [-0.25, -0.2) is 4.79 Å². The second-order valence-corrected chi connectivity index (χ2v) is 6.92. The number of carbonyl (C=O) groups is 2. The molecular weight excluding hydrogens is 340 g/mol. The van der Waals surface area contributed by atoms with Gasteiger partial charge in [0.2, 0.25) is 5.91 Å². The average Bonchev–Trinajstić information content (AvgIpc) is 2.95. The SMILES string of the molecule is Cc1ccc(CC(=O)N2CCCN(C(=O)OCc3ccccc3)CC2)cc1. The normalized spacial score (nSPS) is 14.6. The van der Waals surface area contributed by atoms with Crippen LogP contribution in [0, 0.1) is 6.92 Å². The number of hydrogen-bond acceptors (Lipinski definition) is 3. The summed E-state index contributed by atoms with van der Waals surface area (Å²) >= 11 is 0. The Balaban J connectivity index is 1.48. The Hall–Kier alpha value is -2.82. The molecule has 0 aromatic heterocycles. The van der Waals surface area contributed by atoms with E-state index < -0.39 is 0 Å². The smallest absolute Gasteiger partial charge is 0.410 e. The van der Waals surface area contributed by atoms with Crippen LogP contribution < -0.4 is 0 Å². The Morgan fingerprint density at radius 1 is 0.852 bits per heavy atom. The second-order valence-electron chi connectivity index (χ2n) is 6.92. The quantitative estimate of drug-likeness (QED) is 0.833. The molecule has 0 aliphatic carbocycles. The van der Waals surface area contributed by atoms with E-state index in [2.05, 4.69) is 0 Å². The summed E-state index contributed by atoms with van der Waals surface area (Å²) in [6, 6.07) is 17.7. The highest BCUT2D eigenvalue weighted by Gasteiger charge is 2.23.